The van der Waals surface area contributed by atoms with Gasteiger partial charge in [-0.2, -0.15) is 0 Å². The molecule has 0 aliphatic rings. The number of para-hydroxylation sites is 1. The molecule has 0 fully saturated rings. The van der Waals surface area contributed by atoms with Crippen LogP contribution >= 0.6 is 39.3 Å². The molecule has 118 valence electrons. The monoisotopic (exact) mass is 410 g/mol. The van der Waals surface area contributed by atoms with Crippen molar-refractivity contribution in [3.05, 3.63) is 58.0 Å². The van der Waals surface area contributed by atoms with Crippen molar-refractivity contribution in [3.8, 4) is 17.2 Å². The van der Waals surface area contributed by atoms with Crippen LogP contribution in [-0.2, 0) is 0 Å². The van der Waals surface area contributed by atoms with E-state index in [0.717, 1.165) is 10.0 Å². The molecular formula is C16H12BrClN2O2S. The highest BCUT2D eigenvalue weighted by Gasteiger charge is 2.09. The lowest BCUT2D eigenvalue weighted by molar-refractivity contribution is 0.343. The van der Waals surface area contributed by atoms with Crippen LogP contribution in [0.25, 0.3) is 11.5 Å². The van der Waals surface area contributed by atoms with Gasteiger partial charge in [-0.05, 0) is 36.4 Å². The lowest BCUT2D eigenvalue weighted by Crippen LogP contribution is -2.00. The van der Waals surface area contributed by atoms with Crippen molar-refractivity contribution in [1.29, 1.82) is 0 Å². The lowest BCUT2D eigenvalue weighted by atomic mass is 10.2. The molecule has 7 heteroatoms. The Morgan fingerprint density at radius 2 is 1.87 bits per heavy atom. The van der Waals surface area contributed by atoms with Crippen LogP contribution in [0.3, 0.4) is 0 Å². The number of hydrogen-bond acceptors (Lipinski definition) is 5. The Morgan fingerprint density at radius 3 is 2.65 bits per heavy atom. The molecule has 0 spiro atoms. The molecule has 4 nitrogen and oxygen atoms in total. The molecule has 2 aromatic carbocycles. The molecule has 3 aromatic rings. The average Bonchev–Trinajstić information content (AvgIpc) is 3.03. The van der Waals surface area contributed by atoms with Crippen LogP contribution in [0, 0.1) is 0 Å². The smallest absolute Gasteiger partial charge is 0.276 e. The van der Waals surface area contributed by atoms with Crippen LogP contribution in [0.4, 0.5) is 0 Å². The third-order valence-corrected chi connectivity index (χ3v) is 4.52. The maximum Gasteiger partial charge on any atom is 0.276 e. The molecule has 3 rings (SSSR count). The van der Waals surface area contributed by atoms with E-state index in [9.17, 15) is 0 Å². The minimum absolute atomic E-state index is 0.504. The first kappa shape index (κ1) is 16.4. The zero-order chi connectivity index (χ0) is 16.1. The summed E-state index contributed by atoms with van der Waals surface area (Å²) >= 11 is 10.9. The van der Waals surface area contributed by atoms with Gasteiger partial charge in [0, 0.05) is 15.8 Å². The third-order valence-electron chi connectivity index (χ3n) is 2.90. The van der Waals surface area contributed by atoms with Gasteiger partial charge in [0.2, 0.25) is 5.89 Å². The van der Waals surface area contributed by atoms with Gasteiger partial charge in [0.1, 0.15) is 5.75 Å². The first-order valence-electron chi connectivity index (χ1n) is 6.82. The minimum Gasteiger partial charge on any atom is -0.491 e. The van der Waals surface area contributed by atoms with E-state index < -0.39 is 0 Å². The van der Waals surface area contributed by atoms with Gasteiger partial charge in [0.25, 0.3) is 5.22 Å². The summed E-state index contributed by atoms with van der Waals surface area (Å²) in [7, 11) is 0. The van der Waals surface area contributed by atoms with Gasteiger partial charge < -0.3 is 9.15 Å². The predicted octanol–water partition coefficient (Wildman–Crippen LogP) is 5.32. The molecule has 23 heavy (non-hydrogen) atoms. The fraction of sp³-hybridized carbons (Fsp3) is 0.125. The number of ether oxygens (including phenoxy) is 1. The summed E-state index contributed by atoms with van der Waals surface area (Å²) in [6.07, 6.45) is 0. The van der Waals surface area contributed by atoms with E-state index in [1.54, 1.807) is 6.07 Å². The second-order valence-corrected chi connectivity index (χ2v) is 6.88. The van der Waals surface area contributed by atoms with Crippen LogP contribution in [0.5, 0.6) is 5.75 Å². The number of aromatic nitrogens is 2. The van der Waals surface area contributed by atoms with Crippen molar-refractivity contribution in [2.75, 3.05) is 12.4 Å². The van der Waals surface area contributed by atoms with E-state index in [2.05, 4.69) is 26.1 Å². The second-order valence-electron chi connectivity index (χ2n) is 4.51. The highest BCUT2D eigenvalue weighted by molar-refractivity contribution is 9.10. The average molecular weight is 412 g/mol. The molecule has 0 radical (unpaired) electrons. The number of benzene rings is 2. The van der Waals surface area contributed by atoms with E-state index in [4.69, 9.17) is 20.8 Å². The molecule has 0 atom stereocenters. The van der Waals surface area contributed by atoms with Gasteiger partial charge >= 0.3 is 0 Å². The van der Waals surface area contributed by atoms with Crippen molar-refractivity contribution in [3.63, 3.8) is 0 Å². The van der Waals surface area contributed by atoms with E-state index in [0.29, 0.717) is 34.2 Å². The van der Waals surface area contributed by atoms with E-state index in [1.165, 1.54) is 11.8 Å². The zero-order valence-electron chi connectivity index (χ0n) is 11.9. The summed E-state index contributed by atoms with van der Waals surface area (Å²) in [4.78, 5) is 0. The third kappa shape index (κ3) is 4.50. The predicted molar refractivity (Wildman–Crippen MR) is 95.1 cm³/mol. The molecular weight excluding hydrogens is 400 g/mol. The first-order valence-corrected chi connectivity index (χ1v) is 8.97. The van der Waals surface area contributed by atoms with E-state index in [-0.39, 0.29) is 0 Å². The molecule has 0 amide bonds. The molecule has 1 heterocycles. The van der Waals surface area contributed by atoms with Crippen molar-refractivity contribution in [1.82, 2.24) is 10.2 Å². The van der Waals surface area contributed by atoms with Crippen molar-refractivity contribution in [2.45, 2.75) is 5.22 Å². The fourth-order valence-electron chi connectivity index (χ4n) is 1.82. The van der Waals surface area contributed by atoms with E-state index in [1.807, 2.05) is 42.5 Å². The SMILES string of the molecule is Clc1ccccc1OCCSc1nnc(-c2ccc(Br)cc2)o1. The van der Waals surface area contributed by atoms with Crippen molar-refractivity contribution >= 4 is 39.3 Å². The highest BCUT2D eigenvalue weighted by Crippen LogP contribution is 2.26. The van der Waals surface area contributed by atoms with Gasteiger partial charge in [-0.1, -0.05) is 51.4 Å². The summed E-state index contributed by atoms with van der Waals surface area (Å²) in [5.74, 6) is 1.87. The fourth-order valence-corrected chi connectivity index (χ4v) is 2.85. The number of hydrogen-bond donors (Lipinski definition) is 0. The summed E-state index contributed by atoms with van der Waals surface area (Å²) in [5.41, 5.74) is 0.889. The van der Waals surface area contributed by atoms with Crippen LogP contribution < -0.4 is 4.74 Å². The molecule has 0 bridgehead atoms. The number of rotatable bonds is 6. The summed E-state index contributed by atoms with van der Waals surface area (Å²) in [6.45, 7) is 0.504. The first-order chi connectivity index (χ1) is 11.2. The van der Waals surface area contributed by atoms with E-state index >= 15 is 0 Å². The zero-order valence-corrected chi connectivity index (χ0v) is 15.1. The van der Waals surface area contributed by atoms with Gasteiger partial charge in [0.15, 0.2) is 0 Å². The van der Waals surface area contributed by atoms with Gasteiger partial charge in [-0.25, -0.2) is 0 Å². The molecule has 0 N–H and O–H groups in total. The normalized spacial score (nSPS) is 10.7. The maximum atomic E-state index is 6.03. The number of halogens is 2. The van der Waals surface area contributed by atoms with Crippen LogP contribution in [0.1, 0.15) is 0 Å². The van der Waals surface area contributed by atoms with Gasteiger partial charge in [-0.15, -0.1) is 10.2 Å². The number of nitrogens with zero attached hydrogens (tertiary/aromatic N) is 2. The van der Waals surface area contributed by atoms with Gasteiger partial charge in [-0.3, -0.25) is 0 Å². The van der Waals surface area contributed by atoms with Crippen LogP contribution in [0.2, 0.25) is 5.02 Å². The van der Waals surface area contributed by atoms with Crippen molar-refractivity contribution < 1.29 is 9.15 Å². The Bertz CT molecular complexity index is 780. The molecule has 0 aliphatic carbocycles. The Balaban J connectivity index is 1.52. The Morgan fingerprint density at radius 1 is 1.09 bits per heavy atom. The largest absolute Gasteiger partial charge is 0.491 e. The van der Waals surface area contributed by atoms with Gasteiger partial charge in [0.05, 0.1) is 11.6 Å². The second kappa shape index (κ2) is 7.86. The molecule has 0 saturated heterocycles. The topological polar surface area (TPSA) is 48.2 Å². The highest BCUT2D eigenvalue weighted by atomic mass is 79.9. The molecule has 1 aromatic heterocycles. The number of thioether (sulfide) groups is 1. The van der Waals surface area contributed by atoms with Crippen LogP contribution in [-0.4, -0.2) is 22.6 Å². The Hall–Kier alpha value is -1.50. The maximum absolute atomic E-state index is 6.03. The molecule has 0 aliphatic heterocycles. The standard InChI is InChI=1S/C16H12BrClN2O2S/c17-12-7-5-11(6-8-12)15-19-20-16(22-15)23-10-9-21-14-4-2-1-3-13(14)18/h1-8H,9-10H2. The lowest BCUT2D eigenvalue weighted by Gasteiger charge is -2.06. The Kier molecular flexibility index (Phi) is 5.59. The summed E-state index contributed by atoms with van der Waals surface area (Å²) in [6, 6.07) is 15.1. The Labute approximate surface area is 151 Å². The summed E-state index contributed by atoms with van der Waals surface area (Å²) < 4.78 is 12.3. The quantitative estimate of drug-likeness (QED) is 0.405. The summed E-state index contributed by atoms with van der Waals surface area (Å²) in [5, 5.41) is 9.21. The van der Waals surface area contributed by atoms with Crippen molar-refractivity contribution in [2.24, 2.45) is 0 Å². The minimum atomic E-state index is 0.504. The van der Waals surface area contributed by atoms with Crippen LogP contribution in [0.15, 0.2) is 62.6 Å². The molecule has 0 unspecified atom stereocenters. The molecule has 0 saturated carbocycles.